The molecule has 3 saturated heterocycles. The van der Waals surface area contributed by atoms with Crippen molar-refractivity contribution in [2.75, 3.05) is 19.6 Å². The summed E-state index contributed by atoms with van der Waals surface area (Å²) in [6.07, 6.45) is 2.48. The second-order valence-corrected chi connectivity index (χ2v) is 9.57. The molecule has 3 nitrogen and oxygen atoms in total. The lowest BCUT2D eigenvalue weighted by Crippen LogP contribution is -2.46. The van der Waals surface area contributed by atoms with Gasteiger partial charge in [-0.05, 0) is 49.9 Å². The molecular formula is C21H23F2N3S2. The average Bonchev–Trinajstić information content (AvgIpc) is 3.13. The smallest absolute Gasteiger partial charge is 0.135 e. The third kappa shape index (κ3) is 4.40. The maximum atomic E-state index is 13.4. The Kier molecular flexibility index (Phi) is 6.00. The van der Waals surface area contributed by atoms with E-state index < -0.39 is 11.6 Å². The van der Waals surface area contributed by atoms with Gasteiger partial charge in [-0.3, -0.25) is 0 Å². The third-order valence-corrected chi connectivity index (χ3v) is 7.65. The summed E-state index contributed by atoms with van der Waals surface area (Å²) in [7, 11) is 0. The number of hydrogen-bond acceptors (Lipinski definition) is 5. The molecule has 28 heavy (non-hydrogen) atoms. The molecule has 0 N–H and O–H groups in total. The summed E-state index contributed by atoms with van der Waals surface area (Å²) in [4.78, 5) is 2.52. The molecule has 0 saturated carbocycles. The molecule has 3 aliphatic heterocycles. The lowest BCUT2D eigenvalue weighted by atomic mass is 9.78. The molecule has 0 amide bonds. The van der Waals surface area contributed by atoms with E-state index >= 15 is 0 Å². The van der Waals surface area contributed by atoms with Crippen LogP contribution in [-0.4, -0.2) is 38.5 Å². The topological polar surface area (TPSA) is 29.0 Å². The average molecular weight is 420 g/mol. The van der Waals surface area contributed by atoms with Crippen LogP contribution in [-0.2, 0) is 0 Å². The van der Waals surface area contributed by atoms with Gasteiger partial charge in [0.05, 0.1) is 22.7 Å². The van der Waals surface area contributed by atoms with E-state index in [2.05, 4.69) is 39.3 Å². The highest BCUT2D eigenvalue weighted by atomic mass is 32.2. The van der Waals surface area contributed by atoms with Gasteiger partial charge in [0.15, 0.2) is 0 Å². The molecule has 4 heterocycles. The van der Waals surface area contributed by atoms with Gasteiger partial charge in [-0.25, -0.2) is 8.78 Å². The highest BCUT2D eigenvalue weighted by molar-refractivity contribution is 8.00. The van der Waals surface area contributed by atoms with Crippen molar-refractivity contribution in [1.82, 2.24) is 13.6 Å². The van der Waals surface area contributed by atoms with E-state index in [-0.39, 0.29) is 11.2 Å². The number of thioether (sulfide) groups is 1. The Labute approximate surface area is 173 Å². The second-order valence-electron chi connectivity index (χ2n) is 7.91. The Bertz CT molecular complexity index is 874. The van der Waals surface area contributed by atoms with Crippen LogP contribution in [0.25, 0.3) is 0 Å². The molecule has 2 bridgehead atoms. The van der Waals surface area contributed by atoms with Gasteiger partial charge < -0.3 is 4.90 Å². The Morgan fingerprint density at radius 1 is 1.14 bits per heavy atom. The summed E-state index contributed by atoms with van der Waals surface area (Å²) in [5.41, 5.74) is 1.48. The van der Waals surface area contributed by atoms with Crippen LogP contribution in [0.3, 0.4) is 0 Å². The molecule has 3 fully saturated rings. The zero-order valence-electron chi connectivity index (χ0n) is 16.0. The lowest BCUT2D eigenvalue weighted by molar-refractivity contribution is 0.0846. The maximum Gasteiger partial charge on any atom is 0.135 e. The number of aromatic nitrogens is 2. The Hall–Kier alpha value is -1.49. The minimum Gasteiger partial charge on any atom is -0.303 e. The van der Waals surface area contributed by atoms with Crippen LogP contribution in [0.2, 0.25) is 0 Å². The molecule has 2 unspecified atom stereocenters. The number of halogens is 2. The number of nitrogens with zero attached hydrogens (tertiary/aromatic N) is 3. The summed E-state index contributed by atoms with van der Waals surface area (Å²) >= 11 is 2.91. The molecule has 148 valence electrons. The highest BCUT2D eigenvalue weighted by Crippen LogP contribution is 2.42. The van der Waals surface area contributed by atoms with Crippen molar-refractivity contribution in [1.29, 1.82) is 0 Å². The lowest BCUT2D eigenvalue weighted by Gasteiger charge is -2.44. The van der Waals surface area contributed by atoms with Crippen molar-refractivity contribution in [3.63, 3.8) is 0 Å². The van der Waals surface area contributed by atoms with Gasteiger partial charge in [0.1, 0.15) is 16.7 Å². The van der Waals surface area contributed by atoms with Crippen LogP contribution in [0.1, 0.15) is 43.9 Å². The maximum absolute atomic E-state index is 13.4. The number of benzene rings is 1. The minimum atomic E-state index is -0.605. The molecular weight excluding hydrogens is 396 g/mol. The van der Waals surface area contributed by atoms with E-state index in [4.69, 9.17) is 0 Å². The molecule has 0 radical (unpaired) electrons. The summed E-state index contributed by atoms with van der Waals surface area (Å²) in [6, 6.07) is 3.39. The Morgan fingerprint density at radius 2 is 1.86 bits per heavy atom. The normalized spacial score (nSPS) is 24.8. The van der Waals surface area contributed by atoms with E-state index in [1.165, 1.54) is 49.8 Å². The SMILES string of the molecule is CC(C)C(C#Cc1cc(F)cc(F)c1)Sc1nsnc1C1CN2CCC1CC2. The number of rotatable bonds is 4. The summed E-state index contributed by atoms with van der Waals surface area (Å²) in [6.45, 7) is 7.68. The molecule has 3 aliphatic rings. The molecule has 0 aliphatic carbocycles. The van der Waals surface area contributed by atoms with Gasteiger partial charge >= 0.3 is 0 Å². The van der Waals surface area contributed by atoms with Crippen LogP contribution in [0, 0.1) is 35.3 Å². The van der Waals surface area contributed by atoms with Gasteiger partial charge in [-0.15, -0.1) is 0 Å². The van der Waals surface area contributed by atoms with Gasteiger partial charge in [0.25, 0.3) is 0 Å². The first-order valence-corrected chi connectivity index (χ1v) is 11.3. The Morgan fingerprint density at radius 3 is 2.46 bits per heavy atom. The summed E-state index contributed by atoms with van der Waals surface area (Å²) < 4.78 is 36.0. The monoisotopic (exact) mass is 419 g/mol. The standard InChI is InChI=1S/C21H23F2N3S2/c1-13(2)19(4-3-14-9-16(22)11-17(23)10-14)27-21-20(24-28-25-21)18-12-26-7-5-15(18)6-8-26/h9-11,13,15,18-19H,5-8,12H2,1-2H3. The molecule has 2 aromatic rings. The fourth-order valence-electron chi connectivity index (χ4n) is 4.00. The summed E-state index contributed by atoms with van der Waals surface area (Å²) in [5, 5.41) is 0.956. The molecule has 0 spiro atoms. The van der Waals surface area contributed by atoms with Crippen molar-refractivity contribution >= 4 is 23.5 Å². The third-order valence-electron chi connectivity index (χ3n) is 5.55. The predicted molar refractivity (Wildman–Crippen MR) is 110 cm³/mol. The fraction of sp³-hybridized carbons (Fsp3) is 0.524. The largest absolute Gasteiger partial charge is 0.303 e. The van der Waals surface area contributed by atoms with E-state index in [0.29, 0.717) is 17.4 Å². The molecule has 7 heteroatoms. The first-order chi connectivity index (χ1) is 13.5. The van der Waals surface area contributed by atoms with Gasteiger partial charge in [0.2, 0.25) is 0 Å². The number of piperidine rings is 3. The zero-order chi connectivity index (χ0) is 19.7. The van der Waals surface area contributed by atoms with Gasteiger partial charge in [-0.2, -0.15) is 8.75 Å². The van der Waals surface area contributed by atoms with Crippen LogP contribution >= 0.6 is 23.5 Å². The molecule has 1 aromatic heterocycles. The minimum absolute atomic E-state index is 0.0185. The Balaban J connectivity index is 1.54. The van der Waals surface area contributed by atoms with Gasteiger partial charge in [0, 0.05) is 24.1 Å². The molecule has 2 atom stereocenters. The predicted octanol–water partition coefficient (Wildman–Crippen LogP) is 4.79. The molecule has 1 aromatic carbocycles. The summed E-state index contributed by atoms with van der Waals surface area (Å²) in [5.74, 6) is 6.37. The van der Waals surface area contributed by atoms with E-state index in [0.717, 1.165) is 23.3 Å². The first kappa shape index (κ1) is 19.8. The van der Waals surface area contributed by atoms with E-state index in [1.54, 1.807) is 11.8 Å². The van der Waals surface area contributed by atoms with Gasteiger partial charge in [-0.1, -0.05) is 37.5 Å². The van der Waals surface area contributed by atoms with Crippen LogP contribution in [0.5, 0.6) is 0 Å². The van der Waals surface area contributed by atoms with Crippen molar-refractivity contribution < 1.29 is 8.78 Å². The first-order valence-electron chi connectivity index (χ1n) is 9.68. The number of fused-ring (bicyclic) bond motifs is 3. The highest BCUT2D eigenvalue weighted by Gasteiger charge is 2.38. The van der Waals surface area contributed by atoms with E-state index in [1.807, 2.05) is 0 Å². The molecule has 5 rings (SSSR count). The van der Waals surface area contributed by atoms with Crippen molar-refractivity contribution in [2.45, 2.75) is 42.9 Å². The fourth-order valence-corrected chi connectivity index (χ4v) is 5.80. The van der Waals surface area contributed by atoms with Crippen LogP contribution in [0.15, 0.2) is 23.2 Å². The van der Waals surface area contributed by atoms with Crippen molar-refractivity contribution in [3.8, 4) is 11.8 Å². The van der Waals surface area contributed by atoms with E-state index in [9.17, 15) is 8.78 Å². The quantitative estimate of drug-likeness (QED) is 0.526. The number of hydrogen-bond donors (Lipinski definition) is 0. The second kappa shape index (κ2) is 8.48. The van der Waals surface area contributed by atoms with Crippen LogP contribution < -0.4 is 0 Å². The zero-order valence-corrected chi connectivity index (χ0v) is 17.6. The van der Waals surface area contributed by atoms with Crippen molar-refractivity contribution in [3.05, 3.63) is 41.1 Å². The van der Waals surface area contributed by atoms with Crippen LogP contribution in [0.4, 0.5) is 8.78 Å². The van der Waals surface area contributed by atoms with Crippen molar-refractivity contribution in [2.24, 2.45) is 11.8 Å².